The lowest BCUT2D eigenvalue weighted by molar-refractivity contribution is -0.886. The first kappa shape index (κ1) is 10.2. The Labute approximate surface area is 91.1 Å². The van der Waals surface area contributed by atoms with Crippen molar-refractivity contribution in [2.45, 2.75) is 18.3 Å². The number of hydrogen-bond donors (Lipinski definition) is 1. The zero-order chi connectivity index (χ0) is 10.7. The molecular weight excluding hydrogens is 184 g/mol. The van der Waals surface area contributed by atoms with Gasteiger partial charge in [0.1, 0.15) is 0 Å². The fraction of sp³-hybridized carbons (Fsp3) is 0.462. The van der Waals surface area contributed by atoms with Crippen molar-refractivity contribution >= 4 is 0 Å². The van der Waals surface area contributed by atoms with Gasteiger partial charge in [-0.25, -0.2) is 0 Å². The van der Waals surface area contributed by atoms with Gasteiger partial charge in [0.15, 0.2) is 0 Å². The Morgan fingerprint density at radius 2 is 1.80 bits per heavy atom. The third kappa shape index (κ3) is 1.88. The molecule has 1 aromatic carbocycles. The Morgan fingerprint density at radius 1 is 1.20 bits per heavy atom. The van der Waals surface area contributed by atoms with Gasteiger partial charge in [-0.1, -0.05) is 30.3 Å². The maximum absolute atomic E-state index is 9.42. The van der Waals surface area contributed by atoms with Crippen molar-refractivity contribution < 1.29 is 4.90 Å². The minimum Gasteiger partial charge on any atom is -0.337 e. The molecule has 15 heavy (non-hydrogen) atoms. The van der Waals surface area contributed by atoms with Crippen LogP contribution in [0.3, 0.4) is 0 Å². The minimum atomic E-state index is -0.221. The van der Waals surface area contributed by atoms with E-state index in [9.17, 15) is 5.26 Å². The third-order valence-electron chi connectivity index (χ3n) is 3.50. The van der Waals surface area contributed by atoms with Gasteiger partial charge in [-0.05, 0) is 5.56 Å². The second-order valence-corrected chi connectivity index (χ2v) is 4.52. The van der Waals surface area contributed by atoms with Gasteiger partial charge in [-0.2, -0.15) is 5.26 Å². The molecule has 2 nitrogen and oxygen atoms in total. The second-order valence-electron chi connectivity index (χ2n) is 4.52. The SMILES string of the molecule is C[NH+]1CCC(C#N)(c2ccccc2)CC1. The van der Waals surface area contributed by atoms with E-state index in [2.05, 4.69) is 25.2 Å². The molecule has 1 saturated heterocycles. The average Bonchev–Trinajstić information content (AvgIpc) is 2.32. The largest absolute Gasteiger partial charge is 0.337 e. The van der Waals surface area contributed by atoms with Gasteiger partial charge in [0.05, 0.1) is 31.6 Å². The molecule has 0 radical (unpaired) electrons. The van der Waals surface area contributed by atoms with Gasteiger partial charge < -0.3 is 4.90 Å². The van der Waals surface area contributed by atoms with E-state index in [1.54, 1.807) is 0 Å². The summed E-state index contributed by atoms with van der Waals surface area (Å²) in [6, 6.07) is 12.8. The van der Waals surface area contributed by atoms with Crippen molar-refractivity contribution in [2.24, 2.45) is 0 Å². The number of nitrogens with zero attached hydrogens (tertiary/aromatic N) is 1. The first-order valence-corrected chi connectivity index (χ1v) is 5.55. The number of benzene rings is 1. The summed E-state index contributed by atoms with van der Waals surface area (Å²) in [5.74, 6) is 0. The number of hydrogen-bond acceptors (Lipinski definition) is 1. The standard InChI is InChI=1S/C13H16N2/c1-15-9-7-13(11-14,8-10-15)12-5-3-2-4-6-12/h2-6H,7-10H2,1H3/p+1. The second kappa shape index (κ2) is 4.04. The quantitative estimate of drug-likeness (QED) is 0.714. The summed E-state index contributed by atoms with van der Waals surface area (Å²) in [6.07, 6.45) is 1.97. The normalized spacial score (nSPS) is 30.8. The number of rotatable bonds is 1. The monoisotopic (exact) mass is 201 g/mol. The highest BCUT2D eigenvalue weighted by Gasteiger charge is 2.37. The number of nitrogens with one attached hydrogen (secondary N) is 1. The molecule has 2 heteroatoms. The van der Waals surface area contributed by atoms with Crippen LogP contribution in [0.4, 0.5) is 0 Å². The molecule has 0 saturated carbocycles. The smallest absolute Gasteiger partial charge is 0.0928 e. The highest BCUT2D eigenvalue weighted by atomic mass is 15.1. The van der Waals surface area contributed by atoms with Gasteiger partial charge in [-0.3, -0.25) is 0 Å². The van der Waals surface area contributed by atoms with Gasteiger partial charge in [0, 0.05) is 12.8 Å². The molecule has 1 fully saturated rings. The van der Waals surface area contributed by atoms with Crippen molar-refractivity contribution in [3.05, 3.63) is 35.9 Å². The summed E-state index contributed by atoms with van der Waals surface area (Å²) >= 11 is 0. The molecule has 1 aliphatic rings. The molecule has 0 aromatic heterocycles. The van der Waals surface area contributed by atoms with Crippen LogP contribution in [0, 0.1) is 11.3 Å². The van der Waals surface area contributed by atoms with Crippen LogP contribution in [0.5, 0.6) is 0 Å². The Morgan fingerprint density at radius 3 is 2.33 bits per heavy atom. The first-order valence-electron chi connectivity index (χ1n) is 5.55. The molecule has 0 aliphatic carbocycles. The van der Waals surface area contributed by atoms with E-state index < -0.39 is 0 Å². The molecule has 2 rings (SSSR count). The molecule has 1 heterocycles. The fourth-order valence-corrected chi connectivity index (χ4v) is 2.33. The highest BCUT2D eigenvalue weighted by Crippen LogP contribution is 2.31. The van der Waals surface area contributed by atoms with Gasteiger partial charge in [0.25, 0.3) is 0 Å². The molecular formula is C13H17N2+. The highest BCUT2D eigenvalue weighted by molar-refractivity contribution is 5.32. The zero-order valence-electron chi connectivity index (χ0n) is 9.16. The Hall–Kier alpha value is -1.33. The zero-order valence-corrected chi connectivity index (χ0v) is 9.16. The van der Waals surface area contributed by atoms with Crippen molar-refractivity contribution in [1.29, 1.82) is 5.26 Å². The van der Waals surface area contributed by atoms with E-state index in [0.717, 1.165) is 25.9 Å². The summed E-state index contributed by atoms with van der Waals surface area (Å²) in [4.78, 5) is 1.54. The van der Waals surface area contributed by atoms with E-state index >= 15 is 0 Å². The van der Waals surface area contributed by atoms with Gasteiger partial charge >= 0.3 is 0 Å². The predicted octanol–water partition coefficient (Wildman–Crippen LogP) is 0.756. The topological polar surface area (TPSA) is 28.2 Å². The van der Waals surface area contributed by atoms with E-state index in [1.165, 1.54) is 10.5 Å². The molecule has 1 aliphatic heterocycles. The fourth-order valence-electron chi connectivity index (χ4n) is 2.33. The summed E-state index contributed by atoms with van der Waals surface area (Å²) in [5.41, 5.74) is 0.973. The maximum atomic E-state index is 9.42. The lowest BCUT2D eigenvalue weighted by atomic mass is 9.74. The first-order chi connectivity index (χ1) is 7.27. The van der Waals surface area contributed by atoms with Crippen LogP contribution in [-0.2, 0) is 5.41 Å². The van der Waals surface area contributed by atoms with Crippen LogP contribution in [0.25, 0.3) is 0 Å². The molecule has 0 amide bonds. The summed E-state index contributed by atoms with van der Waals surface area (Å²) in [5, 5.41) is 9.42. The van der Waals surface area contributed by atoms with E-state index in [0.29, 0.717) is 0 Å². The molecule has 0 bridgehead atoms. The average molecular weight is 201 g/mol. The van der Waals surface area contributed by atoms with Crippen LogP contribution < -0.4 is 4.90 Å². The third-order valence-corrected chi connectivity index (χ3v) is 3.50. The van der Waals surface area contributed by atoms with Crippen molar-refractivity contribution in [1.82, 2.24) is 0 Å². The van der Waals surface area contributed by atoms with Crippen LogP contribution in [0.2, 0.25) is 0 Å². The molecule has 78 valence electrons. The molecule has 0 spiro atoms. The Kier molecular flexibility index (Phi) is 2.75. The number of likely N-dealkylation sites (tertiary alicyclic amines) is 1. The van der Waals surface area contributed by atoms with Crippen molar-refractivity contribution in [3.8, 4) is 6.07 Å². The Bertz CT molecular complexity index is 356. The summed E-state index contributed by atoms with van der Waals surface area (Å²) in [6.45, 7) is 2.20. The van der Waals surface area contributed by atoms with E-state index in [1.807, 2.05) is 18.2 Å². The number of nitriles is 1. The minimum absolute atomic E-state index is 0.221. The Balaban J connectivity index is 2.28. The lowest BCUT2D eigenvalue weighted by Crippen LogP contribution is -3.10. The van der Waals surface area contributed by atoms with Crippen molar-refractivity contribution in [2.75, 3.05) is 20.1 Å². The van der Waals surface area contributed by atoms with Crippen LogP contribution >= 0.6 is 0 Å². The molecule has 1 N–H and O–H groups in total. The molecule has 0 atom stereocenters. The van der Waals surface area contributed by atoms with Crippen LogP contribution in [0.15, 0.2) is 30.3 Å². The number of quaternary nitrogens is 1. The van der Waals surface area contributed by atoms with E-state index in [4.69, 9.17) is 0 Å². The lowest BCUT2D eigenvalue weighted by Gasteiger charge is -2.33. The maximum Gasteiger partial charge on any atom is 0.0928 e. The summed E-state index contributed by atoms with van der Waals surface area (Å²) < 4.78 is 0. The molecule has 0 unspecified atom stereocenters. The van der Waals surface area contributed by atoms with Gasteiger partial charge in [0.2, 0.25) is 0 Å². The number of piperidine rings is 1. The van der Waals surface area contributed by atoms with Crippen LogP contribution in [0.1, 0.15) is 18.4 Å². The van der Waals surface area contributed by atoms with Gasteiger partial charge in [-0.15, -0.1) is 0 Å². The van der Waals surface area contributed by atoms with Crippen molar-refractivity contribution in [3.63, 3.8) is 0 Å². The van der Waals surface area contributed by atoms with E-state index in [-0.39, 0.29) is 5.41 Å². The molecule has 1 aromatic rings. The summed E-state index contributed by atoms with van der Waals surface area (Å²) in [7, 11) is 2.20. The predicted molar refractivity (Wildman–Crippen MR) is 59.6 cm³/mol. The van der Waals surface area contributed by atoms with Crippen LogP contribution in [-0.4, -0.2) is 20.1 Å².